The molecular formula is C17H12N6O5S. The van der Waals surface area contributed by atoms with E-state index >= 15 is 0 Å². The van der Waals surface area contributed by atoms with E-state index in [9.17, 15) is 25.3 Å². The summed E-state index contributed by atoms with van der Waals surface area (Å²) in [7, 11) is 0. The van der Waals surface area contributed by atoms with Crippen LogP contribution in [0.2, 0.25) is 0 Å². The minimum absolute atomic E-state index is 0.0406. The Balaban J connectivity index is 1.78. The highest BCUT2D eigenvalue weighted by Gasteiger charge is 2.17. The molecule has 1 heterocycles. The average Bonchev–Trinajstić information content (AvgIpc) is 3.19. The maximum atomic E-state index is 11.1. The van der Waals surface area contributed by atoms with Gasteiger partial charge in [-0.25, -0.2) is 4.79 Å². The number of benzene rings is 2. The SMILES string of the molecule is N#Cc1cc(C(=O)O)ccc1-n1nnnc1SCC(O)c1ccc([N+](=O)[O-])cc1. The Bertz CT molecular complexity index is 1110. The van der Waals surface area contributed by atoms with Crippen LogP contribution in [0.25, 0.3) is 5.69 Å². The fourth-order valence-electron chi connectivity index (χ4n) is 2.43. The minimum atomic E-state index is -1.16. The van der Waals surface area contributed by atoms with Crippen LogP contribution in [0.4, 0.5) is 5.69 Å². The molecule has 2 N–H and O–H groups in total. The maximum Gasteiger partial charge on any atom is 0.335 e. The molecule has 3 rings (SSSR count). The van der Waals surface area contributed by atoms with Gasteiger partial charge in [-0.3, -0.25) is 10.1 Å². The van der Waals surface area contributed by atoms with Crippen LogP contribution >= 0.6 is 11.8 Å². The smallest absolute Gasteiger partial charge is 0.335 e. The van der Waals surface area contributed by atoms with E-state index in [2.05, 4.69) is 15.5 Å². The molecular weight excluding hydrogens is 400 g/mol. The number of thioether (sulfide) groups is 1. The van der Waals surface area contributed by atoms with Crippen LogP contribution in [0.5, 0.6) is 0 Å². The summed E-state index contributed by atoms with van der Waals surface area (Å²) < 4.78 is 1.28. The van der Waals surface area contributed by atoms with Crippen LogP contribution in [0.15, 0.2) is 47.6 Å². The highest BCUT2D eigenvalue weighted by Crippen LogP contribution is 2.26. The Morgan fingerprint density at radius 2 is 2.03 bits per heavy atom. The van der Waals surface area contributed by atoms with E-state index in [-0.39, 0.29) is 27.7 Å². The summed E-state index contributed by atoms with van der Waals surface area (Å²) in [6.45, 7) is 0. The van der Waals surface area contributed by atoms with Crippen molar-refractivity contribution in [1.82, 2.24) is 20.2 Å². The Kier molecular flexibility index (Phi) is 5.82. The molecule has 12 heteroatoms. The number of hydrogen-bond donors (Lipinski definition) is 2. The van der Waals surface area contributed by atoms with Crippen LogP contribution < -0.4 is 0 Å². The third-order valence-corrected chi connectivity index (χ3v) is 4.89. The number of carbonyl (C=O) groups is 1. The van der Waals surface area contributed by atoms with Gasteiger partial charge in [0.15, 0.2) is 0 Å². The molecule has 0 radical (unpaired) electrons. The lowest BCUT2D eigenvalue weighted by molar-refractivity contribution is -0.384. The zero-order valence-corrected chi connectivity index (χ0v) is 15.4. The number of aliphatic hydroxyl groups excluding tert-OH is 1. The summed E-state index contributed by atoms with van der Waals surface area (Å²) in [5.41, 5.74) is 0.753. The van der Waals surface area contributed by atoms with Gasteiger partial charge in [-0.15, -0.1) is 5.10 Å². The average molecular weight is 412 g/mol. The van der Waals surface area contributed by atoms with E-state index in [1.165, 1.54) is 47.1 Å². The zero-order valence-electron chi connectivity index (χ0n) is 14.5. The topological polar surface area (TPSA) is 168 Å². The second-order valence-electron chi connectivity index (χ2n) is 5.70. The van der Waals surface area contributed by atoms with Gasteiger partial charge in [-0.1, -0.05) is 11.8 Å². The van der Waals surface area contributed by atoms with Gasteiger partial charge in [-0.2, -0.15) is 9.94 Å². The molecule has 1 aromatic heterocycles. The standard InChI is InChI=1S/C17H12N6O5S/c18-8-12-7-11(16(25)26)3-6-14(12)22-17(19-20-21-22)29-9-15(24)10-1-4-13(5-2-10)23(27)28/h1-7,15,24H,9H2,(H,25,26). The third kappa shape index (κ3) is 4.37. The number of aromatic carboxylic acids is 1. The molecule has 1 atom stereocenters. The van der Waals surface area contributed by atoms with Gasteiger partial charge < -0.3 is 10.2 Å². The number of aromatic nitrogens is 4. The van der Waals surface area contributed by atoms with E-state index in [0.717, 1.165) is 11.8 Å². The van der Waals surface area contributed by atoms with Crippen LogP contribution in [0.1, 0.15) is 27.6 Å². The van der Waals surface area contributed by atoms with E-state index < -0.39 is 17.0 Å². The number of aliphatic hydroxyl groups is 1. The number of carboxylic acid groups (broad SMARTS) is 1. The van der Waals surface area contributed by atoms with E-state index in [4.69, 9.17) is 5.11 Å². The van der Waals surface area contributed by atoms with E-state index in [0.29, 0.717) is 11.3 Å². The van der Waals surface area contributed by atoms with Crippen LogP contribution in [-0.4, -0.2) is 47.1 Å². The largest absolute Gasteiger partial charge is 0.478 e. The summed E-state index contributed by atoms with van der Waals surface area (Å²) in [5, 5.41) is 51.0. The Morgan fingerprint density at radius 1 is 1.31 bits per heavy atom. The van der Waals surface area contributed by atoms with Gasteiger partial charge in [0.1, 0.15) is 6.07 Å². The first-order valence-electron chi connectivity index (χ1n) is 8.02. The quantitative estimate of drug-likeness (QED) is 0.332. The highest BCUT2D eigenvalue weighted by atomic mass is 32.2. The van der Waals surface area contributed by atoms with E-state index in [1.807, 2.05) is 6.07 Å². The summed E-state index contributed by atoms with van der Waals surface area (Å²) in [5.74, 6) is -1.02. The normalized spacial score (nSPS) is 11.6. The van der Waals surface area contributed by atoms with E-state index in [1.54, 1.807) is 0 Å². The Morgan fingerprint density at radius 3 is 2.66 bits per heavy atom. The number of nitriles is 1. The zero-order chi connectivity index (χ0) is 21.0. The summed E-state index contributed by atoms with van der Waals surface area (Å²) >= 11 is 1.11. The number of carboxylic acids is 1. The molecule has 0 saturated heterocycles. The van der Waals surface area contributed by atoms with Crippen LogP contribution in [-0.2, 0) is 0 Å². The molecule has 0 fully saturated rings. The molecule has 1 unspecified atom stereocenters. The Hall–Kier alpha value is -3.82. The second-order valence-corrected chi connectivity index (χ2v) is 6.68. The van der Waals surface area contributed by atoms with Crippen LogP contribution in [0.3, 0.4) is 0 Å². The molecule has 0 aliphatic heterocycles. The summed E-state index contributed by atoms with van der Waals surface area (Å²) in [4.78, 5) is 21.3. The summed E-state index contributed by atoms with van der Waals surface area (Å²) in [6.07, 6.45) is -0.934. The molecule has 29 heavy (non-hydrogen) atoms. The van der Waals surface area contributed by atoms with Crippen molar-refractivity contribution >= 4 is 23.4 Å². The predicted octanol–water partition coefficient (Wildman–Crippen LogP) is 1.97. The fourth-order valence-corrected chi connectivity index (χ4v) is 3.28. The van der Waals surface area contributed by atoms with Crippen molar-refractivity contribution in [3.8, 4) is 11.8 Å². The second kappa shape index (κ2) is 8.46. The van der Waals surface area contributed by atoms with Crippen molar-refractivity contribution in [3.05, 3.63) is 69.3 Å². The lowest BCUT2D eigenvalue weighted by Crippen LogP contribution is -2.06. The highest BCUT2D eigenvalue weighted by molar-refractivity contribution is 7.99. The van der Waals surface area contributed by atoms with Crippen LogP contribution in [0, 0.1) is 21.4 Å². The first-order chi connectivity index (χ1) is 13.9. The number of rotatable bonds is 7. The molecule has 0 spiro atoms. The number of non-ortho nitro benzene ring substituents is 1. The number of nitrogens with zero attached hydrogens (tertiary/aromatic N) is 6. The van der Waals surface area contributed by atoms with Crippen molar-refractivity contribution in [2.45, 2.75) is 11.3 Å². The van der Waals surface area contributed by atoms with Gasteiger partial charge in [0.05, 0.1) is 27.8 Å². The van der Waals surface area contributed by atoms with Crippen molar-refractivity contribution in [3.63, 3.8) is 0 Å². The van der Waals surface area contributed by atoms with Gasteiger partial charge in [-0.05, 0) is 46.3 Å². The lowest BCUT2D eigenvalue weighted by atomic mass is 10.1. The number of nitro benzene ring substituents is 1. The monoisotopic (exact) mass is 412 g/mol. The summed E-state index contributed by atoms with van der Waals surface area (Å²) in [6, 6.07) is 11.4. The molecule has 0 aliphatic rings. The van der Waals surface area contributed by atoms with Gasteiger partial charge >= 0.3 is 5.97 Å². The van der Waals surface area contributed by atoms with Gasteiger partial charge in [0.2, 0.25) is 5.16 Å². The number of tetrazole rings is 1. The molecule has 146 valence electrons. The molecule has 0 aliphatic carbocycles. The number of nitro groups is 1. The van der Waals surface area contributed by atoms with Gasteiger partial charge in [0, 0.05) is 17.9 Å². The van der Waals surface area contributed by atoms with Crippen molar-refractivity contribution in [2.24, 2.45) is 0 Å². The first kappa shape index (κ1) is 19.9. The Labute approximate surface area is 167 Å². The van der Waals surface area contributed by atoms with Crippen molar-refractivity contribution in [1.29, 1.82) is 5.26 Å². The lowest BCUT2D eigenvalue weighted by Gasteiger charge is -2.11. The van der Waals surface area contributed by atoms with Crippen molar-refractivity contribution < 1.29 is 19.9 Å². The minimum Gasteiger partial charge on any atom is -0.478 e. The molecule has 0 amide bonds. The molecule has 3 aromatic rings. The molecule has 2 aromatic carbocycles. The maximum absolute atomic E-state index is 11.1. The molecule has 0 bridgehead atoms. The number of hydrogen-bond acceptors (Lipinski definition) is 9. The first-order valence-corrected chi connectivity index (χ1v) is 9.00. The van der Waals surface area contributed by atoms with Gasteiger partial charge in [0.25, 0.3) is 5.69 Å². The fraction of sp³-hybridized carbons (Fsp3) is 0.118. The predicted molar refractivity (Wildman–Crippen MR) is 99.6 cm³/mol. The van der Waals surface area contributed by atoms with Crippen molar-refractivity contribution in [2.75, 3.05) is 5.75 Å². The molecule has 11 nitrogen and oxygen atoms in total. The third-order valence-electron chi connectivity index (χ3n) is 3.89. The molecule has 0 saturated carbocycles.